The van der Waals surface area contributed by atoms with Crippen molar-refractivity contribution >= 4 is 22.7 Å². The van der Waals surface area contributed by atoms with Crippen molar-refractivity contribution in [2.75, 3.05) is 5.32 Å². The average molecular weight is 263 g/mol. The normalized spacial score (nSPS) is 10.3. The third-order valence-electron chi connectivity index (χ3n) is 2.52. The summed E-state index contributed by atoms with van der Waals surface area (Å²) in [6.45, 7) is 4.44. The molecule has 94 valence electrons. The van der Waals surface area contributed by atoms with Crippen molar-refractivity contribution in [2.24, 2.45) is 0 Å². The van der Waals surface area contributed by atoms with E-state index in [9.17, 15) is 10.1 Å². The van der Waals surface area contributed by atoms with E-state index in [0.29, 0.717) is 6.54 Å². The first-order valence-electron chi connectivity index (χ1n) is 5.46. The number of nitro groups is 1. The molecule has 0 atom stereocenters. The SMILES string of the molecule is Cc1csc(CNc2ccc([N+](=O)[O-])cc2C)n1. The van der Waals surface area contributed by atoms with E-state index < -0.39 is 0 Å². The summed E-state index contributed by atoms with van der Waals surface area (Å²) in [7, 11) is 0. The number of nitrogens with one attached hydrogen (secondary N) is 1. The van der Waals surface area contributed by atoms with Crippen molar-refractivity contribution < 1.29 is 4.92 Å². The average Bonchev–Trinajstić information content (AvgIpc) is 2.73. The molecule has 0 radical (unpaired) electrons. The van der Waals surface area contributed by atoms with Crippen LogP contribution in [0.2, 0.25) is 0 Å². The van der Waals surface area contributed by atoms with Gasteiger partial charge in [0.2, 0.25) is 0 Å². The minimum Gasteiger partial charge on any atom is -0.378 e. The predicted molar refractivity (Wildman–Crippen MR) is 72.0 cm³/mol. The zero-order valence-corrected chi connectivity index (χ0v) is 11.0. The molecule has 1 N–H and O–H groups in total. The Kier molecular flexibility index (Phi) is 3.57. The second-order valence-electron chi connectivity index (χ2n) is 3.99. The van der Waals surface area contributed by atoms with Gasteiger partial charge in [-0.1, -0.05) is 0 Å². The molecule has 0 aliphatic heterocycles. The molecule has 6 heteroatoms. The number of benzene rings is 1. The van der Waals surface area contributed by atoms with Crippen LogP contribution in [0.1, 0.15) is 16.3 Å². The maximum absolute atomic E-state index is 10.6. The fraction of sp³-hybridized carbons (Fsp3) is 0.250. The van der Waals surface area contributed by atoms with Gasteiger partial charge < -0.3 is 5.32 Å². The molecule has 1 aromatic heterocycles. The second kappa shape index (κ2) is 5.14. The van der Waals surface area contributed by atoms with Gasteiger partial charge in [0.15, 0.2) is 0 Å². The van der Waals surface area contributed by atoms with Gasteiger partial charge in [-0.3, -0.25) is 10.1 Å². The highest BCUT2D eigenvalue weighted by atomic mass is 32.1. The van der Waals surface area contributed by atoms with Gasteiger partial charge in [0, 0.05) is 28.9 Å². The highest BCUT2D eigenvalue weighted by Gasteiger charge is 2.08. The summed E-state index contributed by atoms with van der Waals surface area (Å²) in [6, 6.07) is 4.80. The lowest BCUT2D eigenvalue weighted by molar-refractivity contribution is -0.384. The first-order chi connectivity index (χ1) is 8.56. The number of anilines is 1. The molecule has 0 spiro atoms. The molecule has 0 aliphatic rings. The minimum atomic E-state index is -0.388. The number of aromatic nitrogens is 1. The van der Waals surface area contributed by atoms with E-state index in [1.54, 1.807) is 23.5 Å². The molecular weight excluding hydrogens is 250 g/mol. The third-order valence-corrected chi connectivity index (χ3v) is 3.48. The Balaban J connectivity index is 2.08. The number of non-ortho nitro benzene ring substituents is 1. The summed E-state index contributed by atoms with van der Waals surface area (Å²) in [5.74, 6) is 0. The van der Waals surface area contributed by atoms with Crippen molar-refractivity contribution in [1.29, 1.82) is 0 Å². The molecule has 0 unspecified atom stereocenters. The van der Waals surface area contributed by atoms with Gasteiger partial charge in [0.05, 0.1) is 11.5 Å². The van der Waals surface area contributed by atoms with Crippen LogP contribution in [0.15, 0.2) is 23.6 Å². The van der Waals surface area contributed by atoms with E-state index in [-0.39, 0.29) is 10.6 Å². The maximum atomic E-state index is 10.6. The fourth-order valence-electron chi connectivity index (χ4n) is 1.61. The van der Waals surface area contributed by atoms with E-state index >= 15 is 0 Å². The Labute approximate surface area is 109 Å². The number of aryl methyl sites for hydroxylation is 2. The van der Waals surface area contributed by atoms with Crippen LogP contribution in [0.4, 0.5) is 11.4 Å². The first kappa shape index (κ1) is 12.5. The highest BCUT2D eigenvalue weighted by Crippen LogP contribution is 2.22. The summed E-state index contributed by atoms with van der Waals surface area (Å²) in [6.07, 6.45) is 0. The number of nitrogens with zero attached hydrogens (tertiary/aromatic N) is 2. The highest BCUT2D eigenvalue weighted by molar-refractivity contribution is 7.09. The van der Waals surface area contributed by atoms with Gasteiger partial charge in [-0.2, -0.15) is 0 Å². The van der Waals surface area contributed by atoms with E-state index in [2.05, 4.69) is 10.3 Å². The Bertz CT molecular complexity index is 580. The number of rotatable bonds is 4. The number of nitro benzene ring substituents is 1. The van der Waals surface area contributed by atoms with E-state index in [1.165, 1.54) is 6.07 Å². The molecule has 0 saturated carbocycles. The van der Waals surface area contributed by atoms with Crippen molar-refractivity contribution in [3.8, 4) is 0 Å². The van der Waals surface area contributed by atoms with Crippen LogP contribution in [0.3, 0.4) is 0 Å². The number of hydrogen-bond acceptors (Lipinski definition) is 5. The smallest absolute Gasteiger partial charge is 0.269 e. The van der Waals surface area contributed by atoms with Gasteiger partial charge in [0.25, 0.3) is 5.69 Å². The van der Waals surface area contributed by atoms with Gasteiger partial charge in [0.1, 0.15) is 5.01 Å². The summed E-state index contributed by atoms with van der Waals surface area (Å²) in [4.78, 5) is 14.6. The van der Waals surface area contributed by atoms with E-state index in [0.717, 1.165) is 22.0 Å². The monoisotopic (exact) mass is 263 g/mol. The predicted octanol–water partition coefficient (Wildman–Crippen LogP) is 3.28. The van der Waals surface area contributed by atoms with E-state index in [1.807, 2.05) is 19.2 Å². The molecule has 1 heterocycles. The molecule has 0 fully saturated rings. The van der Waals surface area contributed by atoms with Crippen LogP contribution in [0, 0.1) is 24.0 Å². The lowest BCUT2D eigenvalue weighted by atomic mass is 10.2. The van der Waals surface area contributed by atoms with Crippen LogP contribution in [0.5, 0.6) is 0 Å². The second-order valence-corrected chi connectivity index (χ2v) is 4.94. The van der Waals surface area contributed by atoms with Gasteiger partial charge in [-0.05, 0) is 25.5 Å². The molecular formula is C12H13N3O2S. The van der Waals surface area contributed by atoms with Gasteiger partial charge in [-0.15, -0.1) is 11.3 Å². The Morgan fingerprint density at radius 3 is 2.78 bits per heavy atom. The molecule has 18 heavy (non-hydrogen) atoms. The molecule has 0 aliphatic carbocycles. The van der Waals surface area contributed by atoms with Crippen LogP contribution in [0.25, 0.3) is 0 Å². The number of thiazole rings is 1. The molecule has 5 nitrogen and oxygen atoms in total. The van der Waals surface area contributed by atoms with Crippen molar-refractivity contribution in [2.45, 2.75) is 20.4 Å². The molecule has 0 amide bonds. The lowest BCUT2D eigenvalue weighted by Crippen LogP contribution is -2.01. The molecule has 1 aromatic carbocycles. The van der Waals surface area contributed by atoms with E-state index in [4.69, 9.17) is 0 Å². The van der Waals surface area contributed by atoms with Gasteiger partial charge in [-0.25, -0.2) is 4.98 Å². The number of hydrogen-bond donors (Lipinski definition) is 1. The third kappa shape index (κ3) is 2.84. The summed E-state index contributed by atoms with van der Waals surface area (Å²) < 4.78 is 0. The summed E-state index contributed by atoms with van der Waals surface area (Å²) in [5, 5.41) is 16.9. The van der Waals surface area contributed by atoms with Crippen LogP contribution in [-0.4, -0.2) is 9.91 Å². The Morgan fingerprint density at radius 2 is 2.22 bits per heavy atom. The van der Waals surface area contributed by atoms with Crippen LogP contribution < -0.4 is 5.32 Å². The molecule has 2 aromatic rings. The quantitative estimate of drug-likeness (QED) is 0.679. The maximum Gasteiger partial charge on any atom is 0.269 e. The van der Waals surface area contributed by atoms with Crippen LogP contribution >= 0.6 is 11.3 Å². The molecule has 2 rings (SSSR count). The summed E-state index contributed by atoms with van der Waals surface area (Å²) in [5.41, 5.74) is 2.88. The molecule has 0 bridgehead atoms. The largest absolute Gasteiger partial charge is 0.378 e. The fourth-order valence-corrected chi connectivity index (χ4v) is 2.33. The topological polar surface area (TPSA) is 68.1 Å². The molecule has 0 saturated heterocycles. The van der Waals surface area contributed by atoms with Crippen LogP contribution in [-0.2, 0) is 6.54 Å². The zero-order valence-electron chi connectivity index (χ0n) is 10.1. The van der Waals surface area contributed by atoms with Crippen molar-refractivity contribution in [1.82, 2.24) is 4.98 Å². The van der Waals surface area contributed by atoms with Crippen molar-refractivity contribution in [3.63, 3.8) is 0 Å². The zero-order chi connectivity index (χ0) is 13.1. The summed E-state index contributed by atoms with van der Waals surface area (Å²) >= 11 is 1.60. The minimum absolute atomic E-state index is 0.114. The standard InChI is InChI=1S/C12H13N3O2S/c1-8-5-10(15(16)17)3-4-11(8)13-6-12-14-9(2)7-18-12/h3-5,7,13H,6H2,1-2H3. The first-order valence-corrected chi connectivity index (χ1v) is 6.34. The van der Waals surface area contributed by atoms with Gasteiger partial charge >= 0.3 is 0 Å². The lowest BCUT2D eigenvalue weighted by Gasteiger charge is -2.07. The Hall–Kier alpha value is -1.95. The Morgan fingerprint density at radius 1 is 1.44 bits per heavy atom. The van der Waals surface area contributed by atoms with Crippen molar-refractivity contribution in [3.05, 3.63) is 50.0 Å².